The van der Waals surface area contributed by atoms with Crippen molar-refractivity contribution in [1.82, 2.24) is 15.1 Å². The van der Waals surface area contributed by atoms with E-state index in [4.69, 9.17) is 187 Å². The Hall–Kier alpha value is -8.44. The average molecular weight is 2010 g/mol. The molecule has 2 saturated carbocycles. The number of nitrogens with two attached hydrogens (primary N) is 1. The maximum absolute atomic E-state index is 13.4. The summed E-state index contributed by atoms with van der Waals surface area (Å²) in [5.74, 6) is 0.146. The van der Waals surface area contributed by atoms with Crippen LogP contribution in [0.15, 0.2) is 158 Å². The molecule has 6 aliphatic heterocycles. The summed E-state index contributed by atoms with van der Waals surface area (Å²) in [6, 6.07) is 31.6. The first-order valence-electron chi connectivity index (χ1n) is 35.4. The Labute approximate surface area is 754 Å². The predicted molar refractivity (Wildman–Crippen MR) is 435 cm³/mol. The third-order valence-electron chi connectivity index (χ3n) is 21.3. The van der Waals surface area contributed by atoms with Crippen LogP contribution >= 0.6 is 92.8 Å². The Morgan fingerprint density at radius 3 is 1.15 bits per heavy atom. The summed E-state index contributed by atoms with van der Waals surface area (Å²) < 4.78 is 197. The van der Waals surface area contributed by atoms with Crippen LogP contribution in [0, 0.1) is 34.1 Å². The van der Waals surface area contributed by atoms with Crippen molar-refractivity contribution in [2.75, 3.05) is 77.4 Å². The largest absolute Gasteiger partial charge is 0.515 e. The van der Waals surface area contributed by atoms with Gasteiger partial charge in [0.05, 0.1) is 39.0 Å². The number of amides is 1. The molecule has 8 aliphatic rings. The first-order valence-corrected chi connectivity index (χ1v) is 38.4. The number of anilines is 2. The molecule has 2 spiro atoms. The highest BCUT2D eigenvalue weighted by atomic mass is 35.6. The van der Waals surface area contributed by atoms with E-state index in [1.807, 2.05) is 32.3 Å². The number of alkyl halides is 6. The van der Waals surface area contributed by atoms with Crippen LogP contribution in [0.3, 0.4) is 0 Å². The molecule has 14 rings (SSSR count). The summed E-state index contributed by atoms with van der Waals surface area (Å²) in [7, 11) is 7.25. The lowest BCUT2D eigenvalue weighted by atomic mass is 9.47. The smallest absolute Gasteiger partial charge is 0.508 e. The highest BCUT2D eigenvalue weighted by Gasteiger charge is 2.79. The van der Waals surface area contributed by atoms with Gasteiger partial charge in [-0.2, -0.15) is 0 Å². The number of phenols is 1. The fourth-order valence-corrected chi connectivity index (χ4v) is 18.2. The second-order valence-electron chi connectivity index (χ2n) is 27.1. The van der Waals surface area contributed by atoms with Crippen molar-refractivity contribution in [3.63, 3.8) is 0 Å². The van der Waals surface area contributed by atoms with Gasteiger partial charge in [-0.15, -0.1) is 0 Å². The summed E-state index contributed by atoms with van der Waals surface area (Å²) in [4.78, 5) is 65.6. The number of aliphatic hydroxyl groups is 3. The van der Waals surface area contributed by atoms with E-state index in [0.717, 1.165) is 68.1 Å². The molecular formula is C76H81BCl8F19N6O17. The number of carbonyl (C=O) groups is 5. The minimum Gasteiger partial charge on any atom is -0.508 e. The maximum Gasteiger partial charge on any atom is 0.515 e. The van der Waals surface area contributed by atoms with Crippen molar-refractivity contribution >= 4 is 142 Å². The molecule has 4 fully saturated rings. The SMILES string of the molecule is CC[C@]12C=CCN3CC[C@@]4(c5ccc(OC)cc5N(C)[C@H]4[C@@](O)(CN)[C@@H]1O)[C@@H]32.CC[C@]12C=CCN3CC[C@@]4(c5ccc(OC)cc5N(C)[C@H]4[C@@](O)(CNC(=O)Oc4ccc(F)cc4)[C@@H]1OC(C)=O)[C@@H]32.F.FF.FF.FF.FF.FF.FF.FF.O=C(Cl)Oc1ccc(F)cc1.O=C(Cl)Oc1ccc(F)cc1.O=C(OC(Cl)(Cl)Cl)OC(Cl)(Cl)Cl.Oc1ccc(F)cc1.[B]. The summed E-state index contributed by atoms with van der Waals surface area (Å²) in [6.07, 6.45) is 7.54. The molecule has 2 aliphatic carbocycles. The second-order valence-corrected chi connectivity index (χ2v) is 32.1. The number of aliphatic hydroxyl groups excluding tert-OH is 1. The van der Waals surface area contributed by atoms with E-state index in [0.29, 0.717) is 12.2 Å². The number of phenolic OH excluding ortho intramolecular Hbond substituents is 1. The third kappa shape index (κ3) is 28.1. The zero-order valence-electron chi connectivity index (χ0n) is 66.8. The minimum atomic E-state index is -2.24. The van der Waals surface area contributed by atoms with Gasteiger partial charge in [-0.05, 0) is 229 Å². The van der Waals surface area contributed by atoms with Gasteiger partial charge in [0.25, 0.3) is 0 Å². The van der Waals surface area contributed by atoms with Crippen LogP contribution in [0.1, 0.15) is 57.6 Å². The average Bonchev–Trinajstić information content (AvgIpc) is 1.50. The van der Waals surface area contributed by atoms with Crippen LogP contribution < -0.4 is 44.5 Å². The van der Waals surface area contributed by atoms with Crippen molar-refractivity contribution in [2.45, 2.75) is 113 Å². The van der Waals surface area contributed by atoms with Crippen LogP contribution in [0.25, 0.3) is 0 Å². The molecular weight excluding hydrogens is 1920 g/mol. The molecule has 12 atom stereocenters. The van der Waals surface area contributed by atoms with Crippen LogP contribution in [0.2, 0.25) is 0 Å². The van der Waals surface area contributed by atoms with Gasteiger partial charge in [-0.3, -0.25) is 19.3 Å². The number of rotatable bonds is 11. The molecule has 6 aromatic carbocycles. The molecule has 6 aromatic rings. The molecule has 7 N–H and O–H groups in total. The Kier molecular flexibility index (Phi) is 50.7. The number of hydrogen-bond acceptors (Lipinski definition) is 22. The third-order valence-corrected chi connectivity index (χ3v) is 21.9. The number of nitrogens with one attached hydrogen (secondary N) is 1. The maximum atomic E-state index is 13.4. The van der Waals surface area contributed by atoms with E-state index >= 15 is 0 Å². The zero-order chi connectivity index (χ0) is 95.6. The standard InChI is InChI=1S/C31H36FN3O6.C22H31N3O3.2C7H4ClFO2.C6H5FO.C3Cl6O3.B.7F2.FH/c1-5-29-13-6-15-35-16-14-30(25(29)35)23-12-11-22(39-4)17-24(23)34(3)26(30)31(38,27(29)40-19(2)36)18-33-28(37)41-21-9-7-20(32)8-10-21;1-4-20-8-5-10-25-11-9-21(17(20)25)15-7-6-14(28-3)12-16(15)24(2)18(21)22(27,13-23)19(20)26;2*8-7(10)11-6-3-1-5(9)2-4-6;7-5-1-3-6(8)4-2-5;4-2(5,6)11-1(10)12-3(7,8)9;;7*1-2;/h6-13,17,25-27,38H,5,14-16,18H2,1-4H3,(H,33,37);5-8,12,17-19,26-27H,4,9-11,13,23H2,1-3H3;2*1-4H;1-4,8H;;;;;;;;;;1H/t25-,26+,27+,29+,30+,31-;17-,18+,19+,20+,21+,22-;;;;;;;;;;;;;/m00............./s1. The van der Waals surface area contributed by atoms with E-state index in [1.165, 1.54) is 110 Å². The fourth-order valence-electron chi connectivity index (χ4n) is 17.7. The molecule has 0 aromatic heterocycles. The summed E-state index contributed by atoms with van der Waals surface area (Å²) in [6.45, 7) is 8.74. The highest BCUT2D eigenvalue weighted by molar-refractivity contribution is 6.67. The Bertz CT molecular complexity index is 4340. The summed E-state index contributed by atoms with van der Waals surface area (Å²) in [5, 5.41) is 47.9. The van der Waals surface area contributed by atoms with Gasteiger partial charge in [0.2, 0.25) is 0 Å². The molecule has 51 heteroatoms. The first-order chi connectivity index (χ1) is 59.3. The topological polar surface area (TPSA) is 291 Å². The number of fused-ring (bicyclic) bond motifs is 2. The lowest BCUT2D eigenvalue weighted by Gasteiger charge is -2.64. The monoisotopic (exact) mass is 2000 g/mol. The van der Waals surface area contributed by atoms with E-state index in [1.54, 1.807) is 14.2 Å². The summed E-state index contributed by atoms with van der Waals surface area (Å²) >= 11 is 40.0. The van der Waals surface area contributed by atoms with E-state index < -0.39 is 88.5 Å². The van der Waals surface area contributed by atoms with Crippen LogP contribution in [0.5, 0.6) is 34.5 Å². The van der Waals surface area contributed by atoms with Crippen molar-refractivity contribution in [1.29, 1.82) is 0 Å². The van der Waals surface area contributed by atoms with Gasteiger partial charge in [-0.1, -0.05) is 50.3 Å². The molecule has 709 valence electrons. The van der Waals surface area contributed by atoms with Gasteiger partial charge >= 0.3 is 37.0 Å². The van der Waals surface area contributed by atoms with Crippen molar-refractivity contribution in [3.8, 4) is 34.5 Å². The molecule has 127 heavy (non-hydrogen) atoms. The Morgan fingerprint density at radius 1 is 0.512 bits per heavy atom. The number of carbonyl (C=O) groups excluding carboxylic acids is 5. The molecule has 3 radical (unpaired) electrons. The Balaban J connectivity index is 0.00000160. The molecule has 0 unspecified atom stereocenters. The van der Waals surface area contributed by atoms with Crippen molar-refractivity contribution in [3.05, 3.63) is 192 Å². The number of nitrogens with zero attached hydrogens (tertiary/aromatic N) is 4. The Morgan fingerprint density at radius 2 is 0.835 bits per heavy atom. The number of methoxy groups -OCH3 is 2. The quantitative estimate of drug-likeness (QED) is 0.0175. The molecule has 2 saturated heterocycles. The van der Waals surface area contributed by atoms with E-state index in [9.17, 15) is 56.9 Å². The molecule has 6 heterocycles. The number of esters is 1. The molecule has 1 amide bonds. The van der Waals surface area contributed by atoms with E-state index in [-0.39, 0.29) is 90.2 Å². The van der Waals surface area contributed by atoms with Crippen LogP contribution in [-0.4, -0.2) is 191 Å². The van der Waals surface area contributed by atoms with Crippen molar-refractivity contribution in [2.24, 2.45) is 16.6 Å². The summed E-state index contributed by atoms with van der Waals surface area (Å²) in [5.41, 5.74) is 3.55. The minimum absolute atomic E-state index is 0. The first kappa shape index (κ1) is 119. The number of halogens is 27. The fraction of sp³-hybridized carbons (Fsp3) is 0.408. The normalized spacial score (nSPS) is 24.0. The van der Waals surface area contributed by atoms with Gasteiger partial charge in [0.15, 0.2) is 0 Å². The number of aromatic hydroxyl groups is 1. The van der Waals surface area contributed by atoms with E-state index in [2.05, 4.69) is 100 Å². The van der Waals surface area contributed by atoms with Gasteiger partial charge in [0, 0.05) is 194 Å². The van der Waals surface area contributed by atoms with Crippen LogP contribution in [0.4, 0.5) is 117 Å². The predicted octanol–water partition coefficient (Wildman–Crippen LogP) is 20.4. The number of hydrogen-bond donors (Lipinski definition) is 6. The zero-order valence-corrected chi connectivity index (χ0v) is 72.9. The van der Waals surface area contributed by atoms with Gasteiger partial charge in [-0.25, -0.2) is 36.7 Å². The lowest BCUT2D eigenvalue weighted by molar-refractivity contribution is -0.216. The number of ether oxygens (including phenoxy) is 8. The van der Waals surface area contributed by atoms with Gasteiger partial charge < -0.3 is 79.2 Å². The molecule has 0 bridgehead atoms. The number of benzene rings is 6. The van der Waals surface area contributed by atoms with Gasteiger partial charge in [0.1, 0.15) is 75.1 Å². The van der Waals surface area contributed by atoms with Crippen LogP contribution in [-0.2, 0) is 29.8 Å². The highest BCUT2D eigenvalue weighted by Crippen LogP contribution is 2.69. The second kappa shape index (κ2) is 54.3. The lowest BCUT2D eigenvalue weighted by Crippen LogP contribution is -2.81. The molecule has 23 nitrogen and oxygen atoms in total. The van der Waals surface area contributed by atoms with Crippen molar-refractivity contribution < 1.29 is 169 Å². The number of likely N-dealkylation sites (N-methyl/N-ethyl adjacent to an activating group) is 2.